The molecular formula is C22H29N3O2. The minimum absolute atomic E-state index is 0.0338. The zero-order valence-electron chi connectivity index (χ0n) is 16.4. The van der Waals surface area contributed by atoms with E-state index in [1.54, 1.807) is 0 Å². The van der Waals surface area contributed by atoms with E-state index in [-0.39, 0.29) is 5.91 Å². The first-order chi connectivity index (χ1) is 13.1. The lowest BCUT2D eigenvalue weighted by atomic mass is 10.00. The second kappa shape index (κ2) is 7.87. The number of nitrogens with zero attached hydrogens (tertiary/aromatic N) is 3. The molecule has 5 nitrogen and oxygen atoms in total. The van der Waals surface area contributed by atoms with Crippen molar-refractivity contribution in [2.45, 2.75) is 25.9 Å². The van der Waals surface area contributed by atoms with E-state index < -0.39 is 0 Å². The number of hydrogen-bond acceptors (Lipinski definition) is 4. The van der Waals surface area contributed by atoms with Crippen LogP contribution in [0.1, 0.15) is 33.9 Å². The number of carbonyl (C=O) groups is 1. The Morgan fingerprint density at radius 1 is 1.15 bits per heavy atom. The Labute approximate surface area is 161 Å². The van der Waals surface area contributed by atoms with Crippen LogP contribution < -0.4 is 0 Å². The van der Waals surface area contributed by atoms with Crippen LogP contribution in [0.4, 0.5) is 0 Å². The lowest BCUT2D eigenvalue weighted by Crippen LogP contribution is -2.30. The largest absolute Gasteiger partial charge is 0.455 e. The van der Waals surface area contributed by atoms with Crippen molar-refractivity contribution in [3.8, 4) is 0 Å². The fraction of sp³-hybridized carbons (Fsp3) is 0.500. The van der Waals surface area contributed by atoms with E-state index in [0.29, 0.717) is 11.7 Å². The molecule has 2 aliphatic rings. The van der Waals surface area contributed by atoms with Gasteiger partial charge in [-0.15, -0.1) is 0 Å². The normalized spacial score (nSPS) is 20.3. The molecule has 3 heterocycles. The van der Waals surface area contributed by atoms with Crippen molar-refractivity contribution in [2.24, 2.45) is 5.92 Å². The van der Waals surface area contributed by atoms with Crippen LogP contribution in [0.3, 0.4) is 0 Å². The first kappa shape index (κ1) is 18.3. The van der Waals surface area contributed by atoms with Gasteiger partial charge < -0.3 is 14.2 Å². The van der Waals surface area contributed by atoms with Gasteiger partial charge in [-0.2, -0.15) is 0 Å². The number of carbonyl (C=O) groups excluding carboxylic acids is 1. The third-order valence-corrected chi connectivity index (χ3v) is 5.66. The van der Waals surface area contributed by atoms with Crippen LogP contribution in [0.15, 0.2) is 40.8 Å². The Balaban J connectivity index is 1.34. The smallest absolute Gasteiger partial charge is 0.289 e. The van der Waals surface area contributed by atoms with Gasteiger partial charge in [-0.25, -0.2) is 0 Å². The van der Waals surface area contributed by atoms with Crippen molar-refractivity contribution < 1.29 is 9.21 Å². The molecule has 0 saturated carbocycles. The predicted molar refractivity (Wildman–Crippen MR) is 106 cm³/mol. The standard InChI is InChI=1S/C22H29N3O2/c1-23(2)13-17-9-12-25(14-17)22(26)21-8-7-20(27-21)16-24-11-10-18-5-3-4-6-19(18)15-24/h3-8,17H,9-16H2,1-2H3/t17-/m1/s1. The summed E-state index contributed by atoms with van der Waals surface area (Å²) in [5.74, 6) is 1.95. The summed E-state index contributed by atoms with van der Waals surface area (Å²) in [5, 5.41) is 0. The van der Waals surface area contributed by atoms with E-state index in [4.69, 9.17) is 4.42 Å². The summed E-state index contributed by atoms with van der Waals surface area (Å²) in [4.78, 5) is 19.3. The quantitative estimate of drug-likeness (QED) is 0.815. The van der Waals surface area contributed by atoms with Crippen LogP contribution in [-0.4, -0.2) is 60.9 Å². The van der Waals surface area contributed by atoms with Crippen molar-refractivity contribution in [1.29, 1.82) is 0 Å². The average molecular weight is 367 g/mol. The maximum Gasteiger partial charge on any atom is 0.289 e. The summed E-state index contributed by atoms with van der Waals surface area (Å²) in [6, 6.07) is 12.4. The molecule has 0 spiro atoms. The van der Waals surface area contributed by atoms with Gasteiger partial charge in [-0.3, -0.25) is 9.69 Å². The molecule has 0 aliphatic carbocycles. The predicted octanol–water partition coefficient (Wildman–Crippen LogP) is 2.86. The highest BCUT2D eigenvalue weighted by Gasteiger charge is 2.29. The maximum atomic E-state index is 12.8. The van der Waals surface area contributed by atoms with Gasteiger partial charge in [0, 0.05) is 32.7 Å². The number of benzene rings is 1. The van der Waals surface area contributed by atoms with E-state index in [1.807, 2.05) is 17.0 Å². The topological polar surface area (TPSA) is 39.9 Å². The molecule has 1 atom stereocenters. The molecule has 144 valence electrons. The SMILES string of the molecule is CN(C)C[C@H]1CCN(C(=O)c2ccc(CN3CCc4ccccc4C3)o2)C1. The molecule has 4 rings (SSSR count). The third-order valence-electron chi connectivity index (χ3n) is 5.66. The van der Waals surface area contributed by atoms with Gasteiger partial charge in [0.1, 0.15) is 5.76 Å². The van der Waals surface area contributed by atoms with Crippen molar-refractivity contribution in [1.82, 2.24) is 14.7 Å². The Morgan fingerprint density at radius 2 is 1.96 bits per heavy atom. The van der Waals surface area contributed by atoms with Gasteiger partial charge in [-0.1, -0.05) is 24.3 Å². The molecule has 27 heavy (non-hydrogen) atoms. The Morgan fingerprint density at radius 3 is 2.78 bits per heavy atom. The van der Waals surface area contributed by atoms with Gasteiger partial charge in [0.05, 0.1) is 6.54 Å². The number of hydrogen-bond donors (Lipinski definition) is 0. The lowest BCUT2D eigenvalue weighted by molar-refractivity contribution is 0.0749. The highest BCUT2D eigenvalue weighted by molar-refractivity contribution is 5.91. The number of rotatable bonds is 5. The van der Waals surface area contributed by atoms with Crippen LogP contribution in [0.2, 0.25) is 0 Å². The van der Waals surface area contributed by atoms with Crippen molar-refractivity contribution in [3.63, 3.8) is 0 Å². The number of fused-ring (bicyclic) bond motifs is 1. The first-order valence-electron chi connectivity index (χ1n) is 9.90. The van der Waals surface area contributed by atoms with Crippen molar-refractivity contribution in [3.05, 3.63) is 59.0 Å². The molecule has 1 saturated heterocycles. The molecule has 2 aromatic rings. The lowest BCUT2D eigenvalue weighted by Gasteiger charge is -2.27. The van der Waals surface area contributed by atoms with Gasteiger partial charge in [0.25, 0.3) is 5.91 Å². The molecule has 1 fully saturated rings. The van der Waals surface area contributed by atoms with E-state index >= 15 is 0 Å². The summed E-state index contributed by atoms with van der Waals surface area (Å²) in [6.07, 6.45) is 2.15. The Kier molecular flexibility index (Phi) is 5.32. The van der Waals surface area contributed by atoms with E-state index in [2.05, 4.69) is 48.2 Å². The summed E-state index contributed by atoms with van der Waals surface area (Å²) >= 11 is 0. The maximum absolute atomic E-state index is 12.8. The molecule has 5 heteroatoms. The summed E-state index contributed by atoms with van der Waals surface area (Å²) in [5.41, 5.74) is 2.85. The van der Waals surface area contributed by atoms with Crippen LogP contribution in [0, 0.1) is 5.92 Å². The third kappa shape index (κ3) is 4.25. The fourth-order valence-electron chi connectivity index (χ4n) is 4.33. The van der Waals surface area contributed by atoms with Crippen LogP contribution in [0.5, 0.6) is 0 Å². The molecular weight excluding hydrogens is 338 g/mol. The zero-order chi connectivity index (χ0) is 18.8. The van der Waals surface area contributed by atoms with E-state index in [0.717, 1.165) is 57.9 Å². The minimum atomic E-state index is 0.0338. The highest BCUT2D eigenvalue weighted by Crippen LogP contribution is 2.23. The zero-order valence-corrected chi connectivity index (χ0v) is 16.4. The number of furan rings is 1. The fourth-order valence-corrected chi connectivity index (χ4v) is 4.33. The summed E-state index contributed by atoms with van der Waals surface area (Å²) < 4.78 is 5.92. The molecule has 0 N–H and O–H groups in total. The molecule has 1 aromatic carbocycles. The molecule has 0 bridgehead atoms. The monoisotopic (exact) mass is 367 g/mol. The second-order valence-electron chi connectivity index (χ2n) is 8.16. The van der Waals surface area contributed by atoms with E-state index in [1.165, 1.54) is 11.1 Å². The first-order valence-corrected chi connectivity index (χ1v) is 9.90. The minimum Gasteiger partial charge on any atom is -0.455 e. The Hall–Kier alpha value is -2.11. The molecule has 2 aliphatic heterocycles. The van der Waals surface area contributed by atoms with Crippen molar-refractivity contribution in [2.75, 3.05) is 40.3 Å². The highest BCUT2D eigenvalue weighted by atomic mass is 16.4. The van der Waals surface area contributed by atoms with Crippen LogP contribution >= 0.6 is 0 Å². The van der Waals surface area contributed by atoms with Gasteiger partial charge in [0.2, 0.25) is 0 Å². The van der Waals surface area contributed by atoms with E-state index in [9.17, 15) is 4.79 Å². The molecule has 1 amide bonds. The number of amides is 1. The van der Waals surface area contributed by atoms with Crippen molar-refractivity contribution >= 4 is 5.91 Å². The molecule has 1 aromatic heterocycles. The Bertz CT molecular complexity index is 798. The summed E-state index contributed by atoms with van der Waals surface area (Å²) in [6.45, 7) is 5.42. The second-order valence-corrected chi connectivity index (χ2v) is 8.16. The average Bonchev–Trinajstić information content (AvgIpc) is 3.30. The summed E-state index contributed by atoms with van der Waals surface area (Å²) in [7, 11) is 4.17. The van der Waals surface area contributed by atoms with Crippen LogP contribution in [0.25, 0.3) is 0 Å². The van der Waals surface area contributed by atoms with Crippen LogP contribution in [-0.2, 0) is 19.5 Å². The van der Waals surface area contributed by atoms with Gasteiger partial charge in [-0.05, 0) is 56.1 Å². The molecule has 0 radical (unpaired) electrons. The van der Waals surface area contributed by atoms with Gasteiger partial charge in [0.15, 0.2) is 5.76 Å². The molecule has 0 unspecified atom stereocenters. The number of likely N-dealkylation sites (tertiary alicyclic amines) is 1. The van der Waals surface area contributed by atoms with Gasteiger partial charge >= 0.3 is 0 Å².